The van der Waals surface area contributed by atoms with E-state index < -0.39 is 0 Å². The van der Waals surface area contributed by atoms with Crippen molar-refractivity contribution >= 4 is 21.7 Å². The molecule has 0 aliphatic carbocycles. The molecule has 0 aliphatic rings. The number of halogens is 1. The number of methoxy groups -OCH3 is 2. The fourth-order valence-corrected chi connectivity index (χ4v) is 1.70. The van der Waals surface area contributed by atoms with Crippen molar-refractivity contribution in [3.63, 3.8) is 0 Å². The Hall–Kier alpha value is -1.03. The molecule has 1 unspecified atom stereocenters. The Labute approximate surface area is 104 Å². The number of hydrogen-bond acceptors (Lipinski definition) is 3. The van der Waals surface area contributed by atoms with Gasteiger partial charge in [0.2, 0.25) is 0 Å². The van der Waals surface area contributed by atoms with E-state index in [2.05, 4.69) is 15.9 Å². The minimum absolute atomic E-state index is 0.0184. The molecular formula is C12H15BrO3. The summed E-state index contributed by atoms with van der Waals surface area (Å²) in [4.78, 5) is 11.7. The fourth-order valence-electron chi connectivity index (χ4n) is 1.46. The first kappa shape index (κ1) is 13.0. The van der Waals surface area contributed by atoms with E-state index in [4.69, 9.17) is 9.47 Å². The third-order valence-electron chi connectivity index (χ3n) is 2.34. The van der Waals surface area contributed by atoms with Gasteiger partial charge in [-0.3, -0.25) is 4.79 Å². The highest BCUT2D eigenvalue weighted by atomic mass is 79.9. The van der Waals surface area contributed by atoms with E-state index in [0.29, 0.717) is 17.1 Å². The van der Waals surface area contributed by atoms with Gasteiger partial charge in [-0.15, -0.1) is 0 Å². The van der Waals surface area contributed by atoms with E-state index in [-0.39, 0.29) is 10.6 Å². The largest absolute Gasteiger partial charge is 0.496 e. The average Bonchev–Trinajstić information content (AvgIpc) is 2.27. The molecule has 3 nitrogen and oxygen atoms in total. The van der Waals surface area contributed by atoms with Crippen LogP contribution < -0.4 is 9.47 Å². The first-order valence-corrected chi connectivity index (χ1v) is 5.83. The topological polar surface area (TPSA) is 35.5 Å². The van der Waals surface area contributed by atoms with E-state index in [1.54, 1.807) is 33.3 Å². The zero-order valence-electron chi connectivity index (χ0n) is 9.83. The van der Waals surface area contributed by atoms with Gasteiger partial charge in [-0.2, -0.15) is 0 Å². The average molecular weight is 287 g/mol. The summed E-state index contributed by atoms with van der Waals surface area (Å²) in [5.74, 6) is 1.25. The summed E-state index contributed by atoms with van der Waals surface area (Å²) in [7, 11) is 3.14. The van der Waals surface area contributed by atoms with Crippen LogP contribution in [0.1, 0.15) is 22.8 Å². The number of benzene rings is 1. The Balaban J connectivity index is 3.30. The molecule has 88 valence electrons. The van der Waals surface area contributed by atoms with Crippen molar-refractivity contribution in [1.29, 1.82) is 0 Å². The summed E-state index contributed by atoms with van der Waals surface area (Å²) >= 11 is 3.26. The first-order chi connectivity index (χ1) is 7.51. The number of alkyl halides is 1. The van der Waals surface area contributed by atoms with E-state index >= 15 is 0 Å². The van der Waals surface area contributed by atoms with Crippen LogP contribution in [0.3, 0.4) is 0 Å². The van der Waals surface area contributed by atoms with Crippen LogP contribution in [0.2, 0.25) is 0 Å². The van der Waals surface area contributed by atoms with Crippen LogP contribution in [0.4, 0.5) is 0 Å². The lowest BCUT2D eigenvalue weighted by atomic mass is 10.0. The van der Waals surface area contributed by atoms with Gasteiger partial charge in [-0.05, 0) is 31.5 Å². The molecule has 0 amide bonds. The standard InChI is InChI=1S/C12H15BrO3/c1-7-5-11(16-4)9(6-10(7)15-3)12(14)8(2)13/h5-6,8H,1-4H3. The second-order valence-corrected chi connectivity index (χ2v) is 4.88. The van der Waals surface area contributed by atoms with Gasteiger partial charge in [-0.25, -0.2) is 0 Å². The van der Waals surface area contributed by atoms with Crippen LogP contribution in [-0.4, -0.2) is 24.8 Å². The van der Waals surface area contributed by atoms with Crippen molar-refractivity contribution in [2.45, 2.75) is 18.7 Å². The second kappa shape index (κ2) is 5.34. The lowest BCUT2D eigenvalue weighted by Crippen LogP contribution is -2.12. The van der Waals surface area contributed by atoms with Crippen LogP contribution in [0.5, 0.6) is 11.5 Å². The van der Waals surface area contributed by atoms with Crippen molar-refractivity contribution in [1.82, 2.24) is 0 Å². The summed E-state index contributed by atoms with van der Waals surface area (Å²) in [6.45, 7) is 3.70. The normalized spacial score (nSPS) is 12.1. The molecule has 1 atom stereocenters. The predicted molar refractivity (Wildman–Crippen MR) is 67.0 cm³/mol. The number of hydrogen-bond donors (Lipinski definition) is 0. The van der Waals surface area contributed by atoms with Crippen LogP contribution in [0, 0.1) is 6.92 Å². The van der Waals surface area contributed by atoms with Gasteiger partial charge in [-0.1, -0.05) is 15.9 Å². The SMILES string of the molecule is COc1cc(C(=O)C(C)Br)c(OC)cc1C. The zero-order valence-corrected chi connectivity index (χ0v) is 11.4. The summed E-state index contributed by atoms with van der Waals surface area (Å²) in [5.41, 5.74) is 1.48. The Kier molecular flexibility index (Phi) is 4.35. The molecule has 0 aromatic heterocycles. The molecule has 1 aromatic rings. The van der Waals surface area contributed by atoms with Crippen molar-refractivity contribution in [3.8, 4) is 11.5 Å². The number of ether oxygens (including phenoxy) is 2. The smallest absolute Gasteiger partial charge is 0.180 e. The third-order valence-corrected chi connectivity index (χ3v) is 2.76. The van der Waals surface area contributed by atoms with Crippen LogP contribution in [-0.2, 0) is 0 Å². The molecule has 0 heterocycles. The molecule has 0 N–H and O–H groups in total. The molecule has 16 heavy (non-hydrogen) atoms. The number of ketones is 1. The minimum Gasteiger partial charge on any atom is -0.496 e. The maximum absolute atomic E-state index is 11.9. The monoisotopic (exact) mass is 286 g/mol. The van der Waals surface area contributed by atoms with Crippen LogP contribution in [0.25, 0.3) is 0 Å². The Bertz CT molecular complexity index is 399. The molecule has 0 spiro atoms. The highest BCUT2D eigenvalue weighted by molar-refractivity contribution is 9.10. The lowest BCUT2D eigenvalue weighted by Gasteiger charge is -2.13. The van der Waals surface area contributed by atoms with E-state index in [0.717, 1.165) is 5.56 Å². The summed E-state index contributed by atoms with van der Waals surface area (Å²) in [6, 6.07) is 3.52. The molecule has 0 radical (unpaired) electrons. The lowest BCUT2D eigenvalue weighted by molar-refractivity contribution is 0.0992. The van der Waals surface area contributed by atoms with Gasteiger partial charge < -0.3 is 9.47 Å². The molecule has 0 saturated carbocycles. The maximum atomic E-state index is 11.9. The second-order valence-electron chi connectivity index (χ2n) is 3.50. The number of aryl methyl sites for hydroxylation is 1. The highest BCUT2D eigenvalue weighted by Crippen LogP contribution is 2.29. The molecule has 4 heteroatoms. The summed E-state index contributed by atoms with van der Waals surface area (Å²) in [5, 5.41) is 0. The molecule has 0 bridgehead atoms. The van der Waals surface area contributed by atoms with Gasteiger partial charge in [0, 0.05) is 0 Å². The number of carbonyl (C=O) groups is 1. The Morgan fingerprint density at radius 2 is 1.81 bits per heavy atom. The zero-order chi connectivity index (χ0) is 12.3. The van der Waals surface area contributed by atoms with Gasteiger partial charge in [0.1, 0.15) is 11.5 Å². The predicted octanol–water partition coefficient (Wildman–Crippen LogP) is 2.98. The Morgan fingerprint density at radius 3 is 2.25 bits per heavy atom. The van der Waals surface area contributed by atoms with E-state index in [1.807, 2.05) is 6.92 Å². The molecule has 0 aliphatic heterocycles. The number of rotatable bonds is 4. The number of Topliss-reactive ketones (excluding diaryl/α,β-unsaturated/α-hetero) is 1. The molecule has 0 fully saturated rings. The van der Waals surface area contributed by atoms with Crippen LogP contribution >= 0.6 is 15.9 Å². The summed E-state index contributed by atoms with van der Waals surface area (Å²) in [6.07, 6.45) is 0. The first-order valence-electron chi connectivity index (χ1n) is 4.92. The van der Waals surface area contributed by atoms with E-state index in [9.17, 15) is 4.79 Å². The van der Waals surface area contributed by atoms with Crippen molar-refractivity contribution in [3.05, 3.63) is 23.3 Å². The molecular weight excluding hydrogens is 272 g/mol. The third kappa shape index (κ3) is 2.55. The Morgan fingerprint density at radius 1 is 1.25 bits per heavy atom. The molecule has 1 aromatic carbocycles. The van der Waals surface area contributed by atoms with Gasteiger partial charge in [0.05, 0.1) is 24.6 Å². The van der Waals surface area contributed by atoms with Gasteiger partial charge in [0.15, 0.2) is 5.78 Å². The van der Waals surface area contributed by atoms with Gasteiger partial charge in [0.25, 0.3) is 0 Å². The molecule has 1 rings (SSSR count). The minimum atomic E-state index is -0.242. The quantitative estimate of drug-likeness (QED) is 0.631. The van der Waals surface area contributed by atoms with Crippen molar-refractivity contribution in [2.75, 3.05) is 14.2 Å². The maximum Gasteiger partial charge on any atom is 0.180 e. The van der Waals surface area contributed by atoms with Crippen molar-refractivity contribution in [2.24, 2.45) is 0 Å². The molecule has 0 saturated heterocycles. The highest BCUT2D eigenvalue weighted by Gasteiger charge is 2.18. The van der Waals surface area contributed by atoms with Gasteiger partial charge >= 0.3 is 0 Å². The van der Waals surface area contributed by atoms with E-state index in [1.165, 1.54) is 0 Å². The summed E-state index contributed by atoms with van der Waals surface area (Å²) < 4.78 is 10.4. The number of carbonyl (C=O) groups excluding carboxylic acids is 1. The van der Waals surface area contributed by atoms with Crippen molar-refractivity contribution < 1.29 is 14.3 Å². The fraction of sp³-hybridized carbons (Fsp3) is 0.417. The van der Waals surface area contributed by atoms with Crippen LogP contribution in [0.15, 0.2) is 12.1 Å².